The number of rotatable bonds is 6. The molecule has 1 aromatic heterocycles. The molecule has 1 unspecified atom stereocenters. The van der Waals surface area contributed by atoms with Crippen LogP contribution in [-0.2, 0) is 6.54 Å². The van der Waals surface area contributed by atoms with E-state index < -0.39 is 0 Å². The van der Waals surface area contributed by atoms with Gasteiger partial charge in [-0.15, -0.1) is 11.6 Å². The van der Waals surface area contributed by atoms with Gasteiger partial charge in [0.1, 0.15) is 0 Å². The van der Waals surface area contributed by atoms with Crippen molar-refractivity contribution < 1.29 is 4.74 Å². The summed E-state index contributed by atoms with van der Waals surface area (Å²) in [5.41, 5.74) is 1.07. The molecule has 0 aliphatic carbocycles. The van der Waals surface area contributed by atoms with Crippen LogP contribution in [-0.4, -0.2) is 24.5 Å². The second-order valence-corrected chi connectivity index (χ2v) is 3.87. The third-order valence-corrected chi connectivity index (χ3v) is 2.64. The fourth-order valence-electron chi connectivity index (χ4n) is 1.25. The smallest absolute Gasteiger partial charge is 0.217 e. The molecule has 4 heteroatoms. The molecule has 0 saturated heterocycles. The molecule has 15 heavy (non-hydrogen) atoms. The first-order chi connectivity index (χ1) is 7.27. The van der Waals surface area contributed by atoms with Gasteiger partial charge in [0.15, 0.2) is 0 Å². The average Bonchev–Trinajstić information content (AvgIpc) is 2.29. The zero-order valence-electron chi connectivity index (χ0n) is 9.16. The lowest BCUT2D eigenvalue weighted by Crippen LogP contribution is -2.21. The maximum absolute atomic E-state index is 5.72. The van der Waals surface area contributed by atoms with Crippen molar-refractivity contribution in [3.63, 3.8) is 0 Å². The molecular formula is C11H17ClN2O. The number of ether oxygens (including phenoxy) is 1. The van der Waals surface area contributed by atoms with Crippen molar-refractivity contribution in [2.75, 3.05) is 19.5 Å². The quantitative estimate of drug-likeness (QED) is 0.757. The van der Waals surface area contributed by atoms with Crippen LogP contribution in [0.4, 0.5) is 0 Å². The average molecular weight is 229 g/mol. The summed E-state index contributed by atoms with van der Waals surface area (Å²) in [6, 6.07) is 3.91. The summed E-state index contributed by atoms with van der Waals surface area (Å²) >= 11 is 5.72. The van der Waals surface area contributed by atoms with Crippen LogP contribution in [0.2, 0.25) is 0 Å². The molecule has 0 amide bonds. The Bertz CT molecular complexity index is 294. The summed E-state index contributed by atoms with van der Waals surface area (Å²) in [4.78, 5) is 4.13. The maximum atomic E-state index is 5.72. The van der Waals surface area contributed by atoms with Crippen molar-refractivity contribution in [1.29, 1.82) is 0 Å². The molecule has 0 fully saturated rings. The van der Waals surface area contributed by atoms with E-state index in [1.807, 2.05) is 12.1 Å². The van der Waals surface area contributed by atoms with Gasteiger partial charge in [-0.2, -0.15) is 0 Å². The van der Waals surface area contributed by atoms with E-state index in [1.165, 1.54) is 0 Å². The Balaban J connectivity index is 2.43. The second kappa shape index (κ2) is 6.64. The van der Waals surface area contributed by atoms with Crippen LogP contribution in [0.25, 0.3) is 0 Å². The Labute approximate surface area is 95.8 Å². The van der Waals surface area contributed by atoms with E-state index in [-0.39, 0.29) is 0 Å². The summed E-state index contributed by atoms with van der Waals surface area (Å²) in [6.45, 7) is 3.78. The molecule has 0 aliphatic rings. The van der Waals surface area contributed by atoms with Crippen LogP contribution in [0.5, 0.6) is 5.88 Å². The number of nitrogens with zero attached hydrogens (tertiary/aromatic N) is 1. The third-order valence-electron chi connectivity index (χ3n) is 2.11. The Morgan fingerprint density at radius 3 is 3.07 bits per heavy atom. The van der Waals surface area contributed by atoms with Crippen molar-refractivity contribution >= 4 is 11.6 Å². The molecule has 1 heterocycles. The van der Waals surface area contributed by atoms with Gasteiger partial charge < -0.3 is 10.1 Å². The number of pyridine rings is 1. The lowest BCUT2D eigenvalue weighted by molar-refractivity contribution is 0.389. The van der Waals surface area contributed by atoms with Crippen molar-refractivity contribution in [2.24, 2.45) is 5.92 Å². The second-order valence-electron chi connectivity index (χ2n) is 3.56. The highest BCUT2D eigenvalue weighted by molar-refractivity contribution is 6.18. The molecule has 0 spiro atoms. The summed E-state index contributed by atoms with van der Waals surface area (Å²) in [5.74, 6) is 1.84. The SMILES string of the molecule is COc1ncccc1CNCC(C)CCl. The van der Waals surface area contributed by atoms with Gasteiger partial charge in [0.25, 0.3) is 0 Å². The summed E-state index contributed by atoms with van der Waals surface area (Å²) < 4.78 is 5.15. The van der Waals surface area contributed by atoms with Gasteiger partial charge in [0.05, 0.1) is 7.11 Å². The van der Waals surface area contributed by atoms with E-state index in [0.29, 0.717) is 17.7 Å². The van der Waals surface area contributed by atoms with Crippen LogP contribution in [0, 0.1) is 5.92 Å². The van der Waals surface area contributed by atoms with Gasteiger partial charge in [-0.05, 0) is 18.5 Å². The summed E-state index contributed by atoms with van der Waals surface area (Å²) in [5, 5.41) is 3.32. The van der Waals surface area contributed by atoms with E-state index in [9.17, 15) is 0 Å². The van der Waals surface area contributed by atoms with E-state index in [0.717, 1.165) is 18.7 Å². The Morgan fingerprint density at radius 2 is 2.40 bits per heavy atom. The molecule has 0 saturated carbocycles. The lowest BCUT2D eigenvalue weighted by atomic mass is 10.2. The zero-order chi connectivity index (χ0) is 11.1. The van der Waals surface area contributed by atoms with Gasteiger partial charge >= 0.3 is 0 Å². The van der Waals surface area contributed by atoms with E-state index in [1.54, 1.807) is 13.3 Å². The first-order valence-electron chi connectivity index (χ1n) is 5.02. The number of methoxy groups -OCH3 is 1. The molecule has 84 valence electrons. The number of nitrogens with one attached hydrogen (secondary N) is 1. The maximum Gasteiger partial charge on any atom is 0.217 e. The summed E-state index contributed by atoms with van der Waals surface area (Å²) in [7, 11) is 1.63. The van der Waals surface area contributed by atoms with Gasteiger partial charge in [-0.3, -0.25) is 0 Å². The predicted molar refractivity (Wildman–Crippen MR) is 62.4 cm³/mol. The van der Waals surface area contributed by atoms with Crippen LogP contribution >= 0.6 is 11.6 Å². The molecule has 1 rings (SSSR count). The number of aromatic nitrogens is 1. The largest absolute Gasteiger partial charge is 0.481 e. The molecule has 0 aliphatic heterocycles. The molecule has 1 N–H and O–H groups in total. The number of hydrogen-bond donors (Lipinski definition) is 1. The highest BCUT2D eigenvalue weighted by Gasteiger charge is 2.03. The fourth-order valence-corrected chi connectivity index (χ4v) is 1.36. The van der Waals surface area contributed by atoms with Crippen molar-refractivity contribution in [3.05, 3.63) is 23.9 Å². The topological polar surface area (TPSA) is 34.1 Å². The standard InChI is InChI=1S/C11H17ClN2O/c1-9(6-12)7-13-8-10-4-3-5-14-11(10)15-2/h3-5,9,13H,6-8H2,1-2H3. The molecule has 3 nitrogen and oxygen atoms in total. The molecular weight excluding hydrogens is 212 g/mol. The molecule has 1 aromatic rings. The van der Waals surface area contributed by atoms with Crippen molar-refractivity contribution in [3.8, 4) is 5.88 Å². The van der Waals surface area contributed by atoms with Gasteiger partial charge in [0.2, 0.25) is 5.88 Å². The van der Waals surface area contributed by atoms with Crippen LogP contribution in [0.15, 0.2) is 18.3 Å². The monoisotopic (exact) mass is 228 g/mol. The molecule has 1 atom stereocenters. The Morgan fingerprint density at radius 1 is 1.60 bits per heavy atom. The van der Waals surface area contributed by atoms with E-state index >= 15 is 0 Å². The minimum absolute atomic E-state index is 0.481. The Hall–Kier alpha value is -0.800. The molecule has 0 radical (unpaired) electrons. The molecule has 0 aromatic carbocycles. The molecule has 0 bridgehead atoms. The van der Waals surface area contributed by atoms with Crippen LogP contribution < -0.4 is 10.1 Å². The fraction of sp³-hybridized carbons (Fsp3) is 0.545. The highest BCUT2D eigenvalue weighted by Crippen LogP contribution is 2.12. The van der Waals surface area contributed by atoms with Gasteiger partial charge in [-0.25, -0.2) is 4.98 Å². The van der Waals surface area contributed by atoms with Crippen molar-refractivity contribution in [2.45, 2.75) is 13.5 Å². The predicted octanol–water partition coefficient (Wildman–Crippen LogP) is 2.05. The first-order valence-corrected chi connectivity index (χ1v) is 5.56. The van der Waals surface area contributed by atoms with Crippen LogP contribution in [0.1, 0.15) is 12.5 Å². The van der Waals surface area contributed by atoms with Gasteiger partial charge in [0, 0.05) is 24.2 Å². The lowest BCUT2D eigenvalue weighted by Gasteiger charge is -2.10. The summed E-state index contributed by atoms with van der Waals surface area (Å²) in [6.07, 6.45) is 1.73. The van der Waals surface area contributed by atoms with Crippen molar-refractivity contribution in [1.82, 2.24) is 10.3 Å². The third kappa shape index (κ3) is 4.06. The highest BCUT2D eigenvalue weighted by atomic mass is 35.5. The minimum atomic E-state index is 0.481. The first kappa shape index (κ1) is 12.3. The van der Waals surface area contributed by atoms with E-state index in [2.05, 4.69) is 17.2 Å². The van der Waals surface area contributed by atoms with Gasteiger partial charge in [-0.1, -0.05) is 13.0 Å². The number of hydrogen-bond acceptors (Lipinski definition) is 3. The zero-order valence-corrected chi connectivity index (χ0v) is 9.92. The normalized spacial score (nSPS) is 12.5. The van der Waals surface area contributed by atoms with E-state index in [4.69, 9.17) is 16.3 Å². The number of alkyl halides is 1. The minimum Gasteiger partial charge on any atom is -0.481 e. The Kier molecular flexibility index (Phi) is 5.43. The number of halogens is 1. The van der Waals surface area contributed by atoms with Crippen LogP contribution in [0.3, 0.4) is 0 Å².